The Bertz CT molecular complexity index is 1200. The average Bonchev–Trinajstić information content (AvgIpc) is 3.20. The second-order valence-electron chi connectivity index (χ2n) is 9.73. The van der Waals surface area contributed by atoms with Crippen molar-refractivity contribution in [2.24, 2.45) is 0 Å². The van der Waals surface area contributed by atoms with E-state index in [0.717, 1.165) is 42.7 Å². The van der Waals surface area contributed by atoms with E-state index in [2.05, 4.69) is 5.32 Å². The summed E-state index contributed by atoms with van der Waals surface area (Å²) in [6.45, 7) is 6.61. The van der Waals surface area contributed by atoms with Gasteiger partial charge in [-0.25, -0.2) is 0 Å². The van der Waals surface area contributed by atoms with E-state index in [1.807, 2.05) is 55.7 Å². The van der Waals surface area contributed by atoms with Crippen molar-refractivity contribution in [2.75, 3.05) is 11.5 Å². The van der Waals surface area contributed by atoms with Gasteiger partial charge in [-0.15, -0.1) is 0 Å². The number of carbonyl (C=O) groups is 2. The van der Waals surface area contributed by atoms with E-state index < -0.39 is 5.54 Å². The topological polar surface area (TPSA) is 76.7 Å². The Morgan fingerprint density at radius 1 is 1.15 bits per heavy atom. The van der Waals surface area contributed by atoms with Gasteiger partial charge in [-0.2, -0.15) is 0 Å². The van der Waals surface area contributed by atoms with Gasteiger partial charge in [0.1, 0.15) is 22.7 Å². The minimum atomic E-state index is -1.10. The molecule has 2 aromatic heterocycles. The molecule has 1 N–H and O–H groups in total. The Kier molecular flexibility index (Phi) is 5.88. The van der Waals surface area contributed by atoms with Gasteiger partial charge in [-0.3, -0.25) is 14.5 Å². The van der Waals surface area contributed by atoms with Crippen molar-refractivity contribution >= 4 is 28.6 Å². The Morgan fingerprint density at radius 3 is 2.53 bits per heavy atom. The lowest BCUT2D eigenvalue weighted by Crippen LogP contribution is -2.65. The summed E-state index contributed by atoms with van der Waals surface area (Å²) in [6.07, 6.45) is 6.65. The van der Waals surface area contributed by atoms with E-state index in [-0.39, 0.29) is 17.9 Å². The summed E-state index contributed by atoms with van der Waals surface area (Å²) in [5.74, 6) is 1.19. The van der Waals surface area contributed by atoms with Crippen LogP contribution in [0, 0.1) is 6.92 Å². The third kappa shape index (κ3) is 3.87. The number of fused-ring (bicyclic) bond motifs is 3. The van der Waals surface area contributed by atoms with Crippen molar-refractivity contribution in [1.82, 2.24) is 9.88 Å². The van der Waals surface area contributed by atoms with Crippen LogP contribution >= 0.6 is 0 Å². The molecule has 0 saturated heterocycles. The lowest BCUT2D eigenvalue weighted by Gasteiger charge is -2.44. The number of anilines is 1. The number of ether oxygens (including phenoxy) is 1. The van der Waals surface area contributed by atoms with Crippen LogP contribution in [0.1, 0.15) is 68.6 Å². The highest BCUT2D eigenvalue weighted by atomic mass is 16.5. The first-order valence-electron chi connectivity index (χ1n) is 12.4. The molecule has 3 aromatic rings. The molecule has 34 heavy (non-hydrogen) atoms. The third-order valence-electron chi connectivity index (χ3n) is 7.18. The Hall–Kier alpha value is -3.22. The van der Waals surface area contributed by atoms with Crippen molar-refractivity contribution in [2.45, 2.75) is 77.4 Å². The molecule has 2 aliphatic rings. The standard InChI is InChI=1S/C27H33N3O4/c1-4-33-21-13-11-20(12-14-21)30-25(31)23-16-24-22(15-18(2)34-24)29(23)17-27(30,3)26(32)28-19-9-7-5-6-8-10-19/h11-16,19H,4-10,17H2,1-3H3,(H,28,32). The number of hydrogen-bond donors (Lipinski definition) is 1. The highest BCUT2D eigenvalue weighted by Crippen LogP contribution is 2.37. The van der Waals surface area contributed by atoms with Crippen LogP contribution in [0.4, 0.5) is 5.69 Å². The zero-order valence-electron chi connectivity index (χ0n) is 20.2. The lowest BCUT2D eigenvalue weighted by atomic mass is 9.92. The highest BCUT2D eigenvalue weighted by Gasteiger charge is 2.49. The van der Waals surface area contributed by atoms with E-state index in [1.54, 1.807) is 11.0 Å². The molecule has 1 fully saturated rings. The molecular formula is C27H33N3O4. The number of aromatic nitrogens is 1. The van der Waals surface area contributed by atoms with Gasteiger partial charge in [0, 0.05) is 23.9 Å². The molecule has 180 valence electrons. The second kappa shape index (κ2) is 8.85. The normalized spacial score (nSPS) is 21.4. The molecule has 0 radical (unpaired) electrons. The summed E-state index contributed by atoms with van der Waals surface area (Å²) in [7, 11) is 0. The largest absolute Gasteiger partial charge is 0.494 e. The van der Waals surface area contributed by atoms with Gasteiger partial charge < -0.3 is 19.0 Å². The molecule has 1 aromatic carbocycles. The van der Waals surface area contributed by atoms with Crippen molar-refractivity contribution in [3.05, 3.63) is 47.9 Å². The van der Waals surface area contributed by atoms with E-state index in [4.69, 9.17) is 9.15 Å². The number of rotatable bonds is 5. The number of nitrogens with one attached hydrogen (secondary N) is 1. The predicted octanol–water partition coefficient (Wildman–Crippen LogP) is 5.20. The Balaban J connectivity index is 1.56. The zero-order valence-corrected chi connectivity index (χ0v) is 20.2. The maximum absolute atomic E-state index is 13.9. The monoisotopic (exact) mass is 463 g/mol. The molecular weight excluding hydrogens is 430 g/mol. The van der Waals surface area contributed by atoms with Gasteiger partial charge in [-0.1, -0.05) is 25.7 Å². The molecule has 1 atom stereocenters. The SMILES string of the molecule is CCOc1ccc(N2C(=O)c3cc4oc(C)cc4n3CC2(C)C(=O)NC2CCCCCC2)cc1. The van der Waals surface area contributed by atoms with E-state index in [1.165, 1.54) is 12.8 Å². The van der Waals surface area contributed by atoms with Crippen LogP contribution in [-0.4, -0.2) is 34.6 Å². The summed E-state index contributed by atoms with van der Waals surface area (Å²) < 4.78 is 13.3. The number of furan rings is 1. The predicted molar refractivity (Wildman–Crippen MR) is 131 cm³/mol. The van der Waals surface area contributed by atoms with Crippen LogP contribution < -0.4 is 15.0 Å². The zero-order chi connectivity index (χ0) is 23.9. The molecule has 7 nitrogen and oxygen atoms in total. The number of nitrogens with zero attached hydrogens (tertiary/aromatic N) is 2. The number of amides is 2. The first-order chi connectivity index (χ1) is 16.4. The van der Waals surface area contributed by atoms with Crippen molar-refractivity contribution < 1.29 is 18.7 Å². The molecule has 1 unspecified atom stereocenters. The summed E-state index contributed by atoms with van der Waals surface area (Å²) in [5, 5.41) is 3.30. The number of hydrogen-bond acceptors (Lipinski definition) is 4. The molecule has 3 heterocycles. The van der Waals surface area contributed by atoms with Crippen molar-refractivity contribution in [3.8, 4) is 5.75 Å². The van der Waals surface area contributed by atoms with Crippen LogP contribution in [0.5, 0.6) is 5.75 Å². The van der Waals surface area contributed by atoms with Crippen LogP contribution in [-0.2, 0) is 11.3 Å². The van der Waals surface area contributed by atoms with Crippen molar-refractivity contribution in [3.63, 3.8) is 0 Å². The number of carbonyl (C=O) groups excluding carboxylic acids is 2. The van der Waals surface area contributed by atoms with Gasteiger partial charge in [-0.05, 0) is 57.9 Å². The minimum absolute atomic E-state index is 0.116. The van der Waals surface area contributed by atoms with Gasteiger partial charge in [0.2, 0.25) is 5.91 Å². The fourth-order valence-electron chi connectivity index (χ4n) is 5.43. The average molecular weight is 464 g/mol. The fourth-order valence-corrected chi connectivity index (χ4v) is 5.43. The van der Waals surface area contributed by atoms with E-state index >= 15 is 0 Å². The second-order valence-corrected chi connectivity index (χ2v) is 9.73. The smallest absolute Gasteiger partial charge is 0.276 e. The first-order valence-corrected chi connectivity index (χ1v) is 12.4. The molecule has 7 heteroatoms. The van der Waals surface area contributed by atoms with Crippen LogP contribution in [0.3, 0.4) is 0 Å². The summed E-state index contributed by atoms with van der Waals surface area (Å²) >= 11 is 0. The van der Waals surface area contributed by atoms with E-state index in [0.29, 0.717) is 30.1 Å². The molecule has 1 saturated carbocycles. The third-order valence-corrected chi connectivity index (χ3v) is 7.18. The highest BCUT2D eigenvalue weighted by molar-refractivity contribution is 6.13. The molecule has 5 rings (SSSR count). The molecule has 1 aliphatic carbocycles. The molecule has 0 spiro atoms. The van der Waals surface area contributed by atoms with Crippen LogP contribution in [0.15, 0.2) is 40.8 Å². The van der Waals surface area contributed by atoms with E-state index in [9.17, 15) is 9.59 Å². The maximum atomic E-state index is 13.9. The summed E-state index contributed by atoms with van der Waals surface area (Å²) in [5.41, 5.74) is 1.62. The molecule has 2 amide bonds. The summed E-state index contributed by atoms with van der Waals surface area (Å²) in [4.78, 5) is 29.5. The van der Waals surface area contributed by atoms with Gasteiger partial charge in [0.15, 0.2) is 5.58 Å². The van der Waals surface area contributed by atoms with Gasteiger partial charge in [0.05, 0.1) is 18.7 Å². The van der Waals surface area contributed by atoms with Crippen LogP contribution in [0.2, 0.25) is 0 Å². The van der Waals surface area contributed by atoms with Gasteiger partial charge >= 0.3 is 0 Å². The van der Waals surface area contributed by atoms with Crippen molar-refractivity contribution in [1.29, 1.82) is 0 Å². The number of aryl methyl sites for hydroxylation is 1. The maximum Gasteiger partial charge on any atom is 0.276 e. The van der Waals surface area contributed by atoms with Crippen LogP contribution in [0.25, 0.3) is 11.1 Å². The Labute approximate surface area is 200 Å². The number of benzene rings is 1. The fraction of sp³-hybridized carbons (Fsp3) is 0.481. The molecule has 0 bridgehead atoms. The lowest BCUT2D eigenvalue weighted by molar-refractivity contribution is -0.127. The minimum Gasteiger partial charge on any atom is -0.494 e. The Morgan fingerprint density at radius 2 is 1.85 bits per heavy atom. The summed E-state index contributed by atoms with van der Waals surface area (Å²) in [6, 6.07) is 11.3. The molecule has 1 aliphatic heterocycles. The quantitative estimate of drug-likeness (QED) is 0.528. The van der Waals surface area contributed by atoms with Gasteiger partial charge in [0.25, 0.3) is 5.91 Å². The first kappa shape index (κ1) is 22.6.